The number of aromatic nitrogens is 2. The summed E-state index contributed by atoms with van der Waals surface area (Å²) < 4.78 is 6.79. The Morgan fingerprint density at radius 3 is 2.57 bits per heavy atom. The summed E-state index contributed by atoms with van der Waals surface area (Å²) in [5.74, 6) is -1.03. The van der Waals surface area contributed by atoms with Gasteiger partial charge in [0.1, 0.15) is 5.15 Å². The number of anilines is 2. The molecule has 182 valence electrons. The lowest BCUT2D eigenvalue weighted by atomic mass is 10.1. The van der Waals surface area contributed by atoms with Gasteiger partial charge in [0.2, 0.25) is 0 Å². The van der Waals surface area contributed by atoms with Gasteiger partial charge in [0, 0.05) is 36.1 Å². The van der Waals surface area contributed by atoms with Gasteiger partial charge in [-0.15, -0.1) is 0 Å². The summed E-state index contributed by atoms with van der Waals surface area (Å²) in [5, 5.41) is 7.70. The van der Waals surface area contributed by atoms with Gasteiger partial charge in [-0.2, -0.15) is 5.10 Å². The minimum Gasteiger partial charge on any atom is -0.452 e. The Morgan fingerprint density at radius 2 is 1.86 bits per heavy atom. The Labute approximate surface area is 210 Å². The van der Waals surface area contributed by atoms with Crippen molar-refractivity contribution in [2.45, 2.75) is 33.2 Å². The molecule has 0 spiro atoms. The number of carbonyl (C=O) groups excluding carboxylic acids is 2. The van der Waals surface area contributed by atoms with E-state index < -0.39 is 11.9 Å². The van der Waals surface area contributed by atoms with E-state index in [-0.39, 0.29) is 6.61 Å². The van der Waals surface area contributed by atoms with Gasteiger partial charge < -0.3 is 15.0 Å². The van der Waals surface area contributed by atoms with Crippen molar-refractivity contribution >= 4 is 40.9 Å². The molecular weight excluding hydrogens is 464 g/mol. The second-order valence-corrected chi connectivity index (χ2v) is 8.97. The van der Waals surface area contributed by atoms with Crippen LogP contribution in [0, 0.1) is 13.8 Å². The minimum atomic E-state index is -0.632. The summed E-state index contributed by atoms with van der Waals surface area (Å²) in [6.45, 7) is 6.05. The number of carbonyl (C=O) groups is 2. The third-order valence-electron chi connectivity index (χ3n) is 5.97. The molecule has 1 fully saturated rings. The van der Waals surface area contributed by atoms with Crippen molar-refractivity contribution in [1.29, 1.82) is 0 Å². The number of nitrogens with zero attached hydrogens (tertiary/aromatic N) is 3. The van der Waals surface area contributed by atoms with E-state index >= 15 is 0 Å². The molecule has 2 heterocycles. The molecule has 0 atom stereocenters. The first-order valence-electron chi connectivity index (χ1n) is 11.7. The molecule has 0 saturated carbocycles. The molecule has 4 rings (SSSR count). The van der Waals surface area contributed by atoms with E-state index in [9.17, 15) is 9.59 Å². The maximum absolute atomic E-state index is 12.3. The van der Waals surface area contributed by atoms with E-state index in [1.807, 2.05) is 56.3 Å². The molecule has 8 heteroatoms. The van der Waals surface area contributed by atoms with E-state index in [1.54, 1.807) is 10.8 Å². The fraction of sp³-hybridized carbons (Fsp3) is 0.296. The first-order valence-corrected chi connectivity index (χ1v) is 12.1. The summed E-state index contributed by atoms with van der Waals surface area (Å²) >= 11 is 6.48. The number of halogens is 1. The Kier molecular flexibility index (Phi) is 7.87. The van der Waals surface area contributed by atoms with Gasteiger partial charge in [0.05, 0.1) is 12.2 Å². The highest BCUT2D eigenvalue weighted by molar-refractivity contribution is 6.31. The molecule has 0 aliphatic carbocycles. The molecule has 0 unspecified atom stereocenters. The number of rotatable bonds is 8. The molecule has 7 nitrogen and oxygen atoms in total. The first kappa shape index (κ1) is 24.5. The minimum absolute atomic E-state index is 0.378. The largest absolute Gasteiger partial charge is 0.452 e. The molecule has 1 aliphatic rings. The highest BCUT2D eigenvalue weighted by Crippen LogP contribution is 2.26. The van der Waals surface area contributed by atoms with Gasteiger partial charge in [0.15, 0.2) is 6.61 Å². The predicted molar refractivity (Wildman–Crippen MR) is 139 cm³/mol. The average Bonchev–Trinajstić information content (AvgIpc) is 3.47. The molecule has 1 aliphatic heterocycles. The summed E-state index contributed by atoms with van der Waals surface area (Å²) in [4.78, 5) is 26.8. The number of amides is 1. The summed E-state index contributed by atoms with van der Waals surface area (Å²) in [6.07, 6.45) is 5.23. The van der Waals surface area contributed by atoms with Crippen molar-refractivity contribution in [3.05, 3.63) is 82.1 Å². The van der Waals surface area contributed by atoms with Crippen LogP contribution in [0.25, 0.3) is 6.08 Å². The van der Waals surface area contributed by atoms with Gasteiger partial charge in [0.25, 0.3) is 5.91 Å². The first-order chi connectivity index (χ1) is 16.9. The van der Waals surface area contributed by atoms with E-state index in [4.69, 9.17) is 16.3 Å². The SMILES string of the molecule is Cc1cc(N2CCCC2)ccc1NC(=O)COC(=O)/C=C/c1c(C)nn(Cc2ccccc2)c1Cl. The van der Waals surface area contributed by atoms with Crippen molar-refractivity contribution in [3.8, 4) is 0 Å². The van der Waals surface area contributed by atoms with Gasteiger partial charge >= 0.3 is 5.97 Å². The van der Waals surface area contributed by atoms with E-state index in [1.165, 1.54) is 18.9 Å². The van der Waals surface area contributed by atoms with E-state index in [2.05, 4.69) is 21.4 Å². The van der Waals surface area contributed by atoms with Crippen LogP contribution >= 0.6 is 11.6 Å². The number of aryl methyl sites for hydroxylation is 2. The highest BCUT2D eigenvalue weighted by Gasteiger charge is 2.15. The van der Waals surface area contributed by atoms with Crippen LogP contribution in [0.1, 0.15) is 35.2 Å². The van der Waals surface area contributed by atoms with E-state index in [0.29, 0.717) is 28.6 Å². The van der Waals surface area contributed by atoms with Crippen molar-refractivity contribution in [2.24, 2.45) is 0 Å². The van der Waals surface area contributed by atoms with Crippen LogP contribution in [0.3, 0.4) is 0 Å². The number of hydrogen-bond donors (Lipinski definition) is 1. The Morgan fingerprint density at radius 1 is 1.11 bits per heavy atom. The van der Waals surface area contributed by atoms with Crippen molar-refractivity contribution in [3.63, 3.8) is 0 Å². The van der Waals surface area contributed by atoms with Crippen LogP contribution in [0.15, 0.2) is 54.6 Å². The predicted octanol–water partition coefficient (Wildman–Crippen LogP) is 5.00. The van der Waals surface area contributed by atoms with Gasteiger partial charge in [-0.1, -0.05) is 41.9 Å². The molecule has 3 aromatic rings. The smallest absolute Gasteiger partial charge is 0.331 e. The Balaban J connectivity index is 1.30. The fourth-order valence-electron chi connectivity index (χ4n) is 4.10. The Hall–Kier alpha value is -3.58. The number of hydrogen-bond acceptors (Lipinski definition) is 5. The summed E-state index contributed by atoms with van der Waals surface area (Å²) in [7, 11) is 0. The normalized spacial score (nSPS) is 13.4. The summed E-state index contributed by atoms with van der Waals surface area (Å²) in [5.41, 5.74) is 5.23. The second kappa shape index (κ2) is 11.2. The fourth-order valence-corrected chi connectivity index (χ4v) is 4.40. The molecular formula is C27H29ClN4O3. The number of benzene rings is 2. The topological polar surface area (TPSA) is 76.5 Å². The monoisotopic (exact) mass is 492 g/mol. The molecule has 0 bridgehead atoms. The van der Waals surface area contributed by atoms with Gasteiger partial charge in [-0.25, -0.2) is 9.48 Å². The van der Waals surface area contributed by atoms with Gasteiger partial charge in [-0.05, 0) is 62.1 Å². The van der Waals surface area contributed by atoms with Crippen molar-refractivity contribution in [1.82, 2.24) is 9.78 Å². The lowest BCUT2D eigenvalue weighted by Crippen LogP contribution is -2.21. The third kappa shape index (κ3) is 6.31. The van der Waals surface area contributed by atoms with Crippen LogP contribution in [-0.4, -0.2) is 41.4 Å². The van der Waals surface area contributed by atoms with Crippen molar-refractivity contribution < 1.29 is 14.3 Å². The molecule has 0 radical (unpaired) electrons. The van der Waals surface area contributed by atoms with Gasteiger partial charge in [-0.3, -0.25) is 4.79 Å². The molecule has 35 heavy (non-hydrogen) atoms. The number of esters is 1. The average molecular weight is 493 g/mol. The lowest BCUT2D eigenvalue weighted by Gasteiger charge is -2.19. The Bertz CT molecular complexity index is 1230. The highest BCUT2D eigenvalue weighted by atomic mass is 35.5. The van der Waals surface area contributed by atoms with Crippen LogP contribution in [-0.2, 0) is 20.9 Å². The zero-order valence-electron chi connectivity index (χ0n) is 20.0. The molecule has 2 aromatic carbocycles. The lowest BCUT2D eigenvalue weighted by molar-refractivity contribution is -0.142. The maximum atomic E-state index is 12.3. The molecule has 1 amide bonds. The van der Waals surface area contributed by atoms with Crippen LogP contribution < -0.4 is 10.2 Å². The van der Waals surface area contributed by atoms with Crippen LogP contribution in [0.5, 0.6) is 0 Å². The zero-order chi connectivity index (χ0) is 24.8. The van der Waals surface area contributed by atoms with Crippen LogP contribution in [0.4, 0.5) is 11.4 Å². The zero-order valence-corrected chi connectivity index (χ0v) is 20.7. The molecule has 1 aromatic heterocycles. The van der Waals surface area contributed by atoms with Crippen molar-refractivity contribution in [2.75, 3.05) is 29.9 Å². The third-order valence-corrected chi connectivity index (χ3v) is 6.37. The number of nitrogens with one attached hydrogen (secondary N) is 1. The molecule has 1 saturated heterocycles. The standard InChI is InChI=1S/C27H29ClN4O3/c1-19-16-22(31-14-6-7-15-31)10-12-24(19)29-25(33)18-35-26(34)13-11-23-20(2)30-32(27(23)28)17-21-8-4-3-5-9-21/h3-5,8-13,16H,6-7,14-15,17-18H2,1-2H3,(H,29,33)/b13-11+. The van der Waals surface area contributed by atoms with Crippen LogP contribution in [0.2, 0.25) is 5.15 Å². The second-order valence-electron chi connectivity index (χ2n) is 8.62. The number of ether oxygens (including phenoxy) is 1. The van der Waals surface area contributed by atoms with E-state index in [0.717, 1.165) is 29.9 Å². The summed E-state index contributed by atoms with van der Waals surface area (Å²) in [6, 6.07) is 15.8. The quantitative estimate of drug-likeness (QED) is 0.354. The molecule has 1 N–H and O–H groups in total. The maximum Gasteiger partial charge on any atom is 0.331 e.